The van der Waals surface area contributed by atoms with Crippen molar-refractivity contribution < 1.29 is 9.47 Å². The summed E-state index contributed by atoms with van der Waals surface area (Å²) in [6.07, 6.45) is 5.27. The smallest absolute Gasteiger partial charge is 0.164 e. The third-order valence-electron chi connectivity index (χ3n) is 7.05. The van der Waals surface area contributed by atoms with Crippen LogP contribution in [0, 0.1) is 5.41 Å². The molecule has 8 heteroatoms. The summed E-state index contributed by atoms with van der Waals surface area (Å²) < 4.78 is 14.7. The van der Waals surface area contributed by atoms with E-state index in [0.29, 0.717) is 11.6 Å². The molecule has 1 saturated heterocycles. The van der Waals surface area contributed by atoms with Crippen molar-refractivity contribution >= 4 is 33.6 Å². The highest BCUT2D eigenvalue weighted by Crippen LogP contribution is 2.52. The van der Waals surface area contributed by atoms with Gasteiger partial charge in [0.1, 0.15) is 29.9 Å². The van der Waals surface area contributed by atoms with Gasteiger partial charge in [0.25, 0.3) is 0 Å². The molecular formula is C26H28N6O2. The van der Waals surface area contributed by atoms with E-state index in [1.165, 1.54) is 11.9 Å². The summed E-state index contributed by atoms with van der Waals surface area (Å²) in [4.78, 5) is 8.60. The van der Waals surface area contributed by atoms with Gasteiger partial charge in [0.05, 0.1) is 11.2 Å². The summed E-state index contributed by atoms with van der Waals surface area (Å²) in [5.74, 6) is 0.320. The molecule has 4 aromatic rings. The second kappa shape index (κ2) is 7.25. The monoisotopic (exact) mass is 456 g/mol. The lowest BCUT2D eigenvalue weighted by Crippen LogP contribution is -2.34. The van der Waals surface area contributed by atoms with Crippen LogP contribution in [-0.2, 0) is 15.9 Å². The van der Waals surface area contributed by atoms with Gasteiger partial charge in [0, 0.05) is 16.4 Å². The number of nitrogen functional groups attached to an aromatic ring is 2. The number of rotatable bonds is 4. The summed E-state index contributed by atoms with van der Waals surface area (Å²) in [5.41, 5.74) is 16.7. The number of aromatic nitrogens is 4. The van der Waals surface area contributed by atoms with Crippen LogP contribution < -0.4 is 11.5 Å². The van der Waals surface area contributed by atoms with E-state index in [9.17, 15) is 0 Å². The number of hydrogen-bond acceptors (Lipinski definition) is 7. The SMILES string of the molecule is CC1(C)O[C@H]2C(c3ccc4c(N)ncnn34)=C[C@](C)(CCc3ccc4ccc(N)nc4c3)[C@H]2O1. The fourth-order valence-electron chi connectivity index (χ4n) is 5.34. The minimum atomic E-state index is -0.665. The number of benzene rings is 1. The van der Waals surface area contributed by atoms with E-state index in [1.54, 1.807) is 0 Å². The van der Waals surface area contributed by atoms with Crippen LogP contribution in [0.3, 0.4) is 0 Å². The Morgan fingerprint density at radius 2 is 1.85 bits per heavy atom. The highest BCUT2D eigenvalue weighted by atomic mass is 16.8. The summed E-state index contributed by atoms with van der Waals surface area (Å²) in [5, 5.41) is 5.53. The number of pyridine rings is 1. The van der Waals surface area contributed by atoms with Gasteiger partial charge < -0.3 is 20.9 Å². The molecule has 3 atom stereocenters. The van der Waals surface area contributed by atoms with E-state index < -0.39 is 5.79 Å². The highest BCUT2D eigenvalue weighted by Gasteiger charge is 2.55. The first kappa shape index (κ1) is 21.1. The lowest BCUT2D eigenvalue weighted by Gasteiger charge is -2.30. The van der Waals surface area contributed by atoms with Gasteiger partial charge in [-0.15, -0.1) is 0 Å². The van der Waals surface area contributed by atoms with Gasteiger partial charge in [-0.25, -0.2) is 14.5 Å². The Bertz CT molecular complexity index is 1460. The van der Waals surface area contributed by atoms with E-state index in [0.717, 1.165) is 40.5 Å². The molecule has 174 valence electrons. The normalized spacial score (nSPS) is 25.7. The molecule has 1 aliphatic heterocycles. The predicted molar refractivity (Wildman–Crippen MR) is 132 cm³/mol. The Hall–Kier alpha value is -3.49. The Morgan fingerprint density at radius 1 is 1.03 bits per heavy atom. The maximum Gasteiger partial charge on any atom is 0.164 e. The zero-order chi connectivity index (χ0) is 23.7. The van der Waals surface area contributed by atoms with E-state index in [2.05, 4.69) is 46.3 Å². The molecule has 6 rings (SSSR count). The average molecular weight is 457 g/mol. The number of nitrogens with two attached hydrogens (primary N) is 2. The maximum atomic E-state index is 6.46. The molecule has 34 heavy (non-hydrogen) atoms. The van der Waals surface area contributed by atoms with Crippen LogP contribution in [0.2, 0.25) is 0 Å². The summed E-state index contributed by atoms with van der Waals surface area (Å²) in [7, 11) is 0. The van der Waals surface area contributed by atoms with Crippen molar-refractivity contribution in [3.8, 4) is 0 Å². The van der Waals surface area contributed by atoms with Crippen LogP contribution >= 0.6 is 0 Å². The van der Waals surface area contributed by atoms with E-state index >= 15 is 0 Å². The summed E-state index contributed by atoms with van der Waals surface area (Å²) in [6.45, 7) is 6.19. The molecule has 8 nitrogen and oxygen atoms in total. The first-order chi connectivity index (χ1) is 16.2. The molecule has 3 aromatic heterocycles. The van der Waals surface area contributed by atoms with Gasteiger partial charge in [-0.05, 0) is 62.6 Å². The van der Waals surface area contributed by atoms with Crippen molar-refractivity contribution in [2.24, 2.45) is 5.41 Å². The van der Waals surface area contributed by atoms with Crippen molar-refractivity contribution in [1.82, 2.24) is 19.6 Å². The molecule has 1 fully saturated rings. The van der Waals surface area contributed by atoms with Crippen molar-refractivity contribution in [1.29, 1.82) is 0 Å². The number of hydrogen-bond donors (Lipinski definition) is 2. The molecule has 1 aliphatic carbocycles. The fourth-order valence-corrected chi connectivity index (χ4v) is 5.34. The first-order valence-corrected chi connectivity index (χ1v) is 11.5. The van der Waals surface area contributed by atoms with E-state index in [4.69, 9.17) is 20.9 Å². The zero-order valence-corrected chi connectivity index (χ0v) is 19.5. The quantitative estimate of drug-likeness (QED) is 0.477. The summed E-state index contributed by atoms with van der Waals surface area (Å²) >= 11 is 0. The van der Waals surface area contributed by atoms with Gasteiger partial charge in [0.2, 0.25) is 0 Å². The maximum absolute atomic E-state index is 6.46. The number of anilines is 2. The molecule has 0 unspecified atom stereocenters. The van der Waals surface area contributed by atoms with Crippen LogP contribution in [0.4, 0.5) is 11.6 Å². The third kappa shape index (κ3) is 3.33. The zero-order valence-electron chi connectivity index (χ0n) is 19.5. The summed E-state index contributed by atoms with van der Waals surface area (Å²) in [6, 6.07) is 14.2. The third-order valence-corrected chi connectivity index (χ3v) is 7.05. The standard InChI is InChI=1S/C26H28N6O2/c1-25(2)33-22-17(19-7-8-20-24(28)29-14-30-32(19)20)13-26(3,23(22)34-25)11-10-15-4-5-16-6-9-21(27)31-18(16)12-15/h4-9,12-14,22-23H,10-11H2,1-3H3,(H2,27,31)(H2,28,29,30)/t22-,23-,26-/m0/s1. The highest BCUT2D eigenvalue weighted by molar-refractivity contribution is 5.81. The van der Waals surface area contributed by atoms with Crippen LogP contribution in [0.1, 0.15) is 38.4 Å². The minimum Gasteiger partial charge on any atom is -0.384 e. The van der Waals surface area contributed by atoms with Crippen molar-refractivity contribution in [2.45, 2.75) is 51.6 Å². The van der Waals surface area contributed by atoms with Crippen LogP contribution in [-0.4, -0.2) is 37.6 Å². The largest absolute Gasteiger partial charge is 0.384 e. The molecule has 0 radical (unpaired) electrons. The van der Waals surface area contributed by atoms with Gasteiger partial charge >= 0.3 is 0 Å². The number of nitrogens with zero attached hydrogens (tertiary/aromatic N) is 4. The lowest BCUT2D eigenvalue weighted by atomic mass is 9.81. The second-order valence-corrected chi connectivity index (χ2v) is 10.0. The Kier molecular flexibility index (Phi) is 4.49. The molecular weight excluding hydrogens is 428 g/mol. The Balaban J connectivity index is 1.36. The van der Waals surface area contributed by atoms with Gasteiger partial charge in [-0.2, -0.15) is 5.10 Å². The predicted octanol–water partition coefficient (Wildman–Crippen LogP) is 4.00. The van der Waals surface area contributed by atoms with Crippen molar-refractivity contribution in [3.63, 3.8) is 0 Å². The van der Waals surface area contributed by atoms with Gasteiger partial charge in [0.15, 0.2) is 11.6 Å². The second-order valence-electron chi connectivity index (χ2n) is 10.0. The molecule has 0 amide bonds. The molecule has 1 aromatic carbocycles. The molecule has 0 saturated carbocycles. The Morgan fingerprint density at radius 3 is 2.71 bits per heavy atom. The van der Waals surface area contributed by atoms with Crippen LogP contribution in [0.15, 0.2) is 54.9 Å². The molecule has 2 aliphatic rings. The molecule has 4 N–H and O–H groups in total. The lowest BCUT2D eigenvalue weighted by molar-refractivity contribution is -0.153. The fraction of sp³-hybridized carbons (Fsp3) is 0.346. The van der Waals surface area contributed by atoms with Crippen LogP contribution in [0.5, 0.6) is 0 Å². The first-order valence-electron chi connectivity index (χ1n) is 11.5. The van der Waals surface area contributed by atoms with Crippen LogP contribution in [0.25, 0.3) is 22.0 Å². The average Bonchev–Trinajstić information content (AvgIpc) is 3.44. The Labute approximate surface area is 197 Å². The van der Waals surface area contributed by atoms with Crippen molar-refractivity contribution in [3.05, 3.63) is 66.1 Å². The molecule has 0 bridgehead atoms. The number of ether oxygens (including phenoxy) is 2. The van der Waals surface area contributed by atoms with E-state index in [1.807, 2.05) is 42.6 Å². The minimum absolute atomic E-state index is 0.100. The number of aryl methyl sites for hydroxylation is 1. The van der Waals surface area contributed by atoms with Gasteiger partial charge in [-0.1, -0.05) is 25.1 Å². The van der Waals surface area contributed by atoms with E-state index in [-0.39, 0.29) is 17.6 Å². The molecule has 4 heterocycles. The molecule has 0 spiro atoms. The topological polar surface area (TPSA) is 114 Å². The number of fused-ring (bicyclic) bond motifs is 3. The van der Waals surface area contributed by atoms with Gasteiger partial charge in [-0.3, -0.25) is 0 Å². The van der Waals surface area contributed by atoms with Crippen molar-refractivity contribution in [2.75, 3.05) is 11.5 Å².